The van der Waals surface area contributed by atoms with Gasteiger partial charge in [-0.05, 0) is 32.1 Å². The fraction of sp³-hybridized carbons (Fsp3) is 0.650. The molecule has 2 rings (SSSR count). The third-order valence-corrected chi connectivity index (χ3v) is 6.01. The largest absolute Gasteiger partial charge is 0.466 e. The minimum absolute atomic E-state index is 0.0361. The van der Waals surface area contributed by atoms with Crippen molar-refractivity contribution < 1.29 is 39.2 Å². The molecule has 2 aliphatic rings. The first-order chi connectivity index (χ1) is 13.3. The lowest BCUT2D eigenvalue weighted by molar-refractivity contribution is -0.173. The second-order valence-corrected chi connectivity index (χ2v) is 7.37. The van der Waals surface area contributed by atoms with Crippen molar-refractivity contribution in [3.63, 3.8) is 0 Å². The first-order valence-electron chi connectivity index (χ1n) is 9.36. The summed E-state index contributed by atoms with van der Waals surface area (Å²) >= 11 is 0. The monoisotopic (exact) mass is 396 g/mol. The van der Waals surface area contributed by atoms with Crippen molar-refractivity contribution in [2.75, 3.05) is 13.7 Å². The normalized spacial score (nSPS) is 35.5. The van der Waals surface area contributed by atoms with Gasteiger partial charge < -0.3 is 29.6 Å². The molecular weight excluding hydrogens is 368 g/mol. The maximum absolute atomic E-state index is 12.4. The maximum Gasteiger partial charge on any atom is 0.336 e. The van der Waals surface area contributed by atoms with Crippen molar-refractivity contribution in [1.29, 1.82) is 0 Å². The number of carbonyl (C=O) groups excluding carboxylic acids is 3. The highest BCUT2D eigenvalue weighted by atomic mass is 16.5. The molecule has 2 unspecified atom stereocenters. The fourth-order valence-electron chi connectivity index (χ4n) is 4.50. The molecule has 0 aromatic carbocycles. The molecule has 2 saturated carbocycles. The number of methoxy groups -OCH3 is 1. The summed E-state index contributed by atoms with van der Waals surface area (Å²) in [5.41, 5.74) is -0.0315. The van der Waals surface area contributed by atoms with Crippen LogP contribution in [0.2, 0.25) is 0 Å². The van der Waals surface area contributed by atoms with Crippen molar-refractivity contribution in [3.05, 3.63) is 23.8 Å². The molecule has 0 aromatic rings. The molecule has 0 amide bonds. The van der Waals surface area contributed by atoms with E-state index in [-0.39, 0.29) is 17.6 Å². The SMILES string of the molecule is C=C(C(=O)OC)[C@@H]1[C@@H](OC(=O)/C(=C\C)CO)CC2C([C@H](C=O)CC[C@H]2O)[C@H]1O. The van der Waals surface area contributed by atoms with Gasteiger partial charge in [0.2, 0.25) is 0 Å². The van der Waals surface area contributed by atoms with Crippen LogP contribution in [0.15, 0.2) is 23.8 Å². The van der Waals surface area contributed by atoms with Gasteiger partial charge in [0.25, 0.3) is 0 Å². The van der Waals surface area contributed by atoms with Crippen LogP contribution in [0.25, 0.3) is 0 Å². The standard InChI is InChI=1S/C20H28O8/c1-4-11(8-21)20(26)28-15-7-13-14(23)6-5-12(9-22)17(13)18(24)16(15)10(2)19(25)27-3/h4,9,12-18,21,23-24H,2,5-8H2,1,3H3/b11-4-/t12-,13?,14+,15-,16+,17?,18-/m0/s1. The zero-order valence-electron chi connectivity index (χ0n) is 16.1. The number of rotatable bonds is 6. The molecule has 28 heavy (non-hydrogen) atoms. The summed E-state index contributed by atoms with van der Waals surface area (Å²) in [5, 5.41) is 30.8. The maximum atomic E-state index is 12.4. The van der Waals surface area contributed by atoms with Gasteiger partial charge in [0, 0.05) is 17.4 Å². The first-order valence-corrected chi connectivity index (χ1v) is 9.36. The van der Waals surface area contributed by atoms with E-state index in [2.05, 4.69) is 6.58 Å². The molecule has 8 nitrogen and oxygen atoms in total. The number of hydrogen-bond donors (Lipinski definition) is 3. The van der Waals surface area contributed by atoms with Crippen LogP contribution in [0.4, 0.5) is 0 Å². The average Bonchev–Trinajstić information content (AvgIpc) is 2.68. The molecule has 0 bridgehead atoms. The third-order valence-electron chi connectivity index (χ3n) is 6.01. The number of fused-ring (bicyclic) bond motifs is 1. The lowest BCUT2D eigenvalue weighted by atomic mass is 9.58. The smallest absolute Gasteiger partial charge is 0.336 e. The molecular formula is C20H28O8. The second kappa shape index (κ2) is 9.45. The van der Waals surface area contributed by atoms with Crippen LogP contribution >= 0.6 is 0 Å². The van der Waals surface area contributed by atoms with Crippen LogP contribution in [0.1, 0.15) is 26.2 Å². The Morgan fingerprint density at radius 2 is 1.89 bits per heavy atom. The zero-order valence-corrected chi connectivity index (χ0v) is 16.1. The number of hydrogen-bond acceptors (Lipinski definition) is 8. The number of carbonyl (C=O) groups is 3. The summed E-state index contributed by atoms with van der Waals surface area (Å²) in [6.07, 6.45) is 0.210. The van der Waals surface area contributed by atoms with E-state index < -0.39 is 60.5 Å². The van der Waals surface area contributed by atoms with Gasteiger partial charge in [0.1, 0.15) is 12.4 Å². The number of esters is 2. The minimum Gasteiger partial charge on any atom is -0.466 e. The van der Waals surface area contributed by atoms with Gasteiger partial charge in [0.05, 0.1) is 37.4 Å². The number of aldehydes is 1. The molecule has 2 aliphatic carbocycles. The molecule has 0 aliphatic heterocycles. The van der Waals surface area contributed by atoms with E-state index in [1.807, 2.05) is 0 Å². The van der Waals surface area contributed by atoms with E-state index in [0.717, 1.165) is 6.29 Å². The van der Waals surface area contributed by atoms with Crippen LogP contribution in [-0.4, -0.2) is 65.6 Å². The molecule has 0 spiro atoms. The van der Waals surface area contributed by atoms with Gasteiger partial charge in [-0.1, -0.05) is 12.7 Å². The summed E-state index contributed by atoms with van der Waals surface area (Å²) in [6, 6.07) is 0. The van der Waals surface area contributed by atoms with E-state index in [0.29, 0.717) is 12.8 Å². The Balaban J connectivity index is 2.39. The summed E-state index contributed by atoms with van der Waals surface area (Å²) in [7, 11) is 1.18. The molecule has 3 N–H and O–H groups in total. The topological polar surface area (TPSA) is 130 Å². The number of aliphatic hydroxyl groups is 3. The van der Waals surface area contributed by atoms with Crippen LogP contribution in [0, 0.1) is 23.7 Å². The number of ether oxygens (including phenoxy) is 2. The van der Waals surface area contributed by atoms with E-state index in [4.69, 9.17) is 9.47 Å². The molecule has 2 fully saturated rings. The molecule has 0 aromatic heterocycles. The van der Waals surface area contributed by atoms with Crippen molar-refractivity contribution >= 4 is 18.2 Å². The second-order valence-electron chi connectivity index (χ2n) is 7.37. The highest BCUT2D eigenvalue weighted by molar-refractivity contribution is 5.90. The lowest BCUT2D eigenvalue weighted by Gasteiger charge is -2.50. The van der Waals surface area contributed by atoms with Gasteiger partial charge >= 0.3 is 11.9 Å². The third kappa shape index (κ3) is 4.19. The van der Waals surface area contributed by atoms with Crippen molar-refractivity contribution in [2.24, 2.45) is 23.7 Å². The summed E-state index contributed by atoms with van der Waals surface area (Å²) < 4.78 is 10.2. The van der Waals surface area contributed by atoms with Crippen LogP contribution in [-0.2, 0) is 23.9 Å². The molecule has 156 valence electrons. The fourth-order valence-corrected chi connectivity index (χ4v) is 4.50. The molecule has 0 saturated heterocycles. The summed E-state index contributed by atoms with van der Waals surface area (Å²) in [5.74, 6) is -4.04. The highest BCUT2D eigenvalue weighted by Gasteiger charge is 2.54. The predicted molar refractivity (Wildman–Crippen MR) is 97.8 cm³/mol. The Morgan fingerprint density at radius 3 is 2.43 bits per heavy atom. The predicted octanol–water partition coefficient (Wildman–Crippen LogP) is 0.149. The Kier molecular flexibility index (Phi) is 7.51. The molecule has 7 atom stereocenters. The average molecular weight is 396 g/mol. The van der Waals surface area contributed by atoms with Crippen molar-refractivity contribution in [2.45, 2.75) is 44.5 Å². The van der Waals surface area contributed by atoms with Gasteiger partial charge in [-0.3, -0.25) is 0 Å². The van der Waals surface area contributed by atoms with Crippen molar-refractivity contribution in [3.8, 4) is 0 Å². The number of allylic oxidation sites excluding steroid dienone is 1. The molecule has 0 radical (unpaired) electrons. The van der Waals surface area contributed by atoms with E-state index in [1.165, 1.54) is 13.2 Å². The van der Waals surface area contributed by atoms with E-state index in [1.54, 1.807) is 6.92 Å². The quantitative estimate of drug-likeness (QED) is 0.329. The minimum atomic E-state index is -1.23. The van der Waals surface area contributed by atoms with Crippen LogP contribution in [0.3, 0.4) is 0 Å². The Bertz CT molecular complexity index is 655. The highest BCUT2D eigenvalue weighted by Crippen LogP contribution is 2.48. The van der Waals surface area contributed by atoms with Gasteiger partial charge in [-0.25, -0.2) is 9.59 Å². The Hall–Kier alpha value is -2.03. The summed E-state index contributed by atoms with van der Waals surface area (Å²) in [4.78, 5) is 36.0. The van der Waals surface area contributed by atoms with E-state index in [9.17, 15) is 29.7 Å². The lowest BCUT2D eigenvalue weighted by Crippen LogP contribution is -2.56. The zero-order chi connectivity index (χ0) is 21.0. The van der Waals surface area contributed by atoms with Gasteiger partial charge in [0.15, 0.2) is 0 Å². The molecule has 0 heterocycles. The number of aliphatic hydroxyl groups excluding tert-OH is 3. The van der Waals surface area contributed by atoms with Gasteiger partial charge in [-0.2, -0.15) is 0 Å². The van der Waals surface area contributed by atoms with E-state index >= 15 is 0 Å². The first kappa shape index (κ1) is 22.3. The molecule has 8 heteroatoms. The van der Waals surface area contributed by atoms with Gasteiger partial charge in [-0.15, -0.1) is 0 Å². The van der Waals surface area contributed by atoms with Crippen LogP contribution < -0.4 is 0 Å². The summed E-state index contributed by atoms with van der Waals surface area (Å²) in [6.45, 7) is 4.76. The Morgan fingerprint density at radius 1 is 1.21 bits per heavy atom. The van der Waals surface area contributed by atoms with Crippen LogP contribution in [0.5, 0.6) is 0 Å². The Labute approximate surface area is 163 Å². The van der Waals surface area contributed by atoms with Crippen molar-refractivity contribution in [1.82, 2.24) is 0 Å².